The van der Waals surface area contributed by atoms with Gasteiger partial charge in [-0.1, -0.05) is 0 Å². The fourth-order valence-electron chi connectivity index (χ4n) is 2.66. The number of hydrogen-bond donors (Lipinski definition) is 2. The lowest BCUT2D eigenvalue weighted by Gasteiger charge is -2.33. The molecule has 22 heavy (non-hydrogen) atoms. The number of carbonyl (C=O) groups is 1. The summed E-state index contributed by atoms with van der Waals surface area (Å²) in [6, 6.07) is 5.64. The molecule has 1 atom stereocenters. The summed E-state index contributed by atoms with van der Waals surface area (Å²) in [4.78, 5) is 13.7. The maximum Gasteiger partial charge on any atom is 0.239 e. The van der Waals surface area contributed by atoms with E-state index >= 15 is 0 Å². The number of piperidine rings is 1. The Morgan fingerprint density at radius 2 is 1.77 bits per heavy atom. The van der Waals surface area contributed by atoms with Gasteiger partial charge in [0.05, 0.1) is 20.3 Å². The molecule has 122 valence electrons. The van der Waals surface area contributed by atoms with Crippen molar-refractivity contribution >= 4 is 11.6 Å². The molecular formula is C16H25N3O3. The predicted octanol–water partition coefficient (Wildman–Crippen LogP) is 1.45. The van der Waals surface area contributed by atoms with Crippen molar-refractivity contribution in [3.05, 3.63) is 18.2 Å². The van der Waals surface area contributed by atoms with Crippen LogP contribution in [-0.2, 0) is 4.79 Å². The third kappa shape index (κ3) is 4.04. The molecule has 1 heterocycles. The molecule has 1 amide bonds. The highest BCUT2D eigenvalue weighted by Gasteiger charge is 2.24. The number of ether oxygens (including phenoxy) is 2. The van der Waals surface area contributed by atoms with Gasteiger partial charge in [-0.3, -0.25) is 4.79 Å². The number of carbonyl (C=O) groups excluding carboxylic acids is 1. The van der Waals surface area contributed by atoms with Crippen molar-refractivity contribution in [3.63, 3.8) is 0 Å². The molecule has 0 bridgehead atoms. The number of nitrogens with two attached hydrogens (primary N) is 1. The van der Waals surface area contributed by atoms with Crippen LogP contribution in [0.15, 0.2) is 18.2 Å². The summed E-state index contributed by atoms with van der Waals surface area (Å²) in [6.07, 6.45) is 1.80. The van der Waals surface area contributed by atoms with Crippen molar-refractivity contribution in [1.29, 1.82) is 0 Å². The predicted molar refractivity (Wildman–Crippen MR) is 86.4 cm³/mol. The van der Waals surface area contributed by atoms with Crippen molar-refractivity contribution in [2.45, 2.75) is 31.8 Å². The van der Waals surface area contributed by atoms with Crippen molar-refractivity contribution < 1.29 is 14.3 Å². The van der Waals surface area contributed by atoms with Crippen LogP contribution in [0.1, 0.15) is 19.8 Å². The number of amides is 1. The van der Waals surface area contributed by atoms with E-state index in [1.54, 1.807) is 21.1 Å². The summed E-state index contributed by atoms with van der Waals surface area (Å²) in [6.45, 7) is 3.20. The van der Waals surface area contributed by atoms with Gasteiger partial charge in [0, 0.05) is 43.0 Å². The molecule has 0 spiro atoms. The Labute approximate surface area is 131 Å². The van der Waals surface area contributed by atoms with Gasteiger partial charge in [-0.25, -0.2) is 0 Å². The summed E-state index contributed by atoms with van der Waals surface area (Å²) in [5.41, 5.74) is 6.62. The van der Waals surface area contributed by atoms with E-state index in [0.717, 1.165) is 43.1 Å². The molecule has 0 saturated carbocycles. The second kappa shape index (κ2) is 7.35. The van der Waals surface area contributed by atoms with E-state index in [2.05, 4.69) is 5.32 Å². The first-order valence-corrected chi connectivity index (χ1v) is 7.57. The van der Waals surface area contributed by atoms with E-state index in [-0.39, 0.29) is 5.91 Å². The molecule has 0 aliphatic carbocycles. The zero-order chi connectivity index (χ0) is 16.1. The second-order valence-corrected chi connectivity index (χ2v) is 5.63. The van der Waals surface area contributed by atoms with Crippen LogP contribution in [0, 0.1) is 0 Å². The zero-order valence-electron chi connectivity index (χ0n) is 13.5. The molecule has 2 rings (SSSR count). The molecule has 1 aliphatic heterocycles. The van der Waals surface area contributed by atoms with E-state index in [1.165, 1.54) is 0 Å². The van der Waals surface area contributed by atoms with Crippen LogP contribution in [0.2, 0.25) is 0 Å². The van der Waals surface area contributed by atoms with Crippen molar-refractivity contribution in [3.8, 4) is 11.5 Å². The minimum Gasteiger partial charge on any atom is -0.497 e. The molecule has 0 aromatic heterocycles. The quantitative estimate of drug-likeness (QED) is 0.861. The fourth-order valence-corrected chi connectivity index (χ4v) is 2.66. The third-order valence-electron chi connectivity index (χ3n) is 3.92. The summed E-state index contributed by atoms with van der Waals surface area (Å²) >= 11 is 0. The van der Waals surface area contributed by atoms with E-state index in [1.807, 2.05) is 23.1 Å². The zero-order valence-corrected chi connectivity index (χ0v) is 13.5. The maximum atomic E-state index is 11.9. The number of hydrogen-bond acceptors (Lipinski definition) is 5. The van der Waals surface area contributed by atoms with Crippen LogP contribution in [0.4, 0.5) is 5.69 Å². The Bertz CT molecular complexity index is 489. The molecule has 6 nitrogen and oxygen atoms in total. The number of nitrogens with one attached hydrogen (secondary N) is 1. The van der Waals surface area contributed by atoms with Crippen LogP contribution >= 0.6 is 0 Å². The highest BCUT2D eigenvalue weighted by Crippen LogP contribution is 2.27. The Kier molecular flexibility index (Phi) is 5.49. The molecule has 3 N–H and O–H groups in total. The minimum atomic E-state index is -0.424. The normalized spacial score (nSPS) is 17.0. The van der Waals surface area contributed by atoms with Crippen molar-refractivity contribution in [2.75, 3.05) is 32.6 Å². The lowest BCUT2D eigenvalue weighted by Crippen LogP contribution is -2.48. The smallest absolute Gasteiger partial charge is 0.239 e. The highest BCUT2D eigenvalue weighted by atomic mass is 16.5. The second-order valence-electron chi connectivity index (χ2n) is 5.63. The van der Waals surface area contributed by atoms with Gasteiger partial charge in [0.25, 0.3) is 0 Å². The SMILES string of the molecule is COc1cc(NC2CCN(C(=O)[C@@H](C)N)CC2)cc(OC)c1. The first-order chi connectivity index (χ1) is 10.5. The van der Waals surface area contributed by atoms with E-state index in [4.69, 9.17) is 15.2 Å². The first kappa shape index (κ1) is 16.4. The van der Waals surface area contributed by atoms with Gasteiger partial charge in [0.15, 0.2) is 0 Å². The standard InChI is InChI=1S/C16H25N3O3/c1-11(17)16(20)19-6-4-12(5-7-19)18-13-8-14(21-2)10-15(9-13)22-3/h8-12,18H,4-7,17H2,1-3H3/t11-/m1/s1. The molecular weight excluding hydrogens is 282 g/mol. The van der Waals surface area contributed by atoms with Crippen LogP contribution in [-0.4, -0.2) is 50.2 Å². The topological polar surface area (TPSA) is 76.8 Å². The first-order valence-electron chi connectivity index (χ1n) is 7.57. The minimum absolute atomic E-state index is 0.0292. The molecule has 1 aromatic carbocycles. The van der Waals surface area contributed by atoms with Crippen molar-refractivity contribution in [2.24, 2.45) is 5.73 Å². The average molecular weight is 307 g/mol. The highest BCUT2D eigenvalue weighted by molar-refractivity contribution is 5.81. The average Bonchev–Trinajstić information content (AvgIpc) is 2.54. The number of likely N-dealkylation sites (tertiary alicyclic amines) is 1. The number of methoxy groups -OCH3 is 2. The Hall–Kier alpha value is -1.95. The van der Waals surface area contributed by atoms with Crippen LogP contribution in [0.5, 0.6) is 11.5 Å². The lowest BCUT2D eigenvalue weighted by atomic mass is 10.0. The van der Waals surface area contributed by atoms with Crippen LogP contribution in [0.25, 0.3) is 0 Å². The summed E-state index contributed by atoms with van der Waals surface area (Å²) in [7, 11) is 3.27. The van der Waals surface area contributed by atoms with Gasteiger partial charge in [0.2, 0.25) is 5.91 Å². The van der Waals surface area contributed by atoms with Gasteiger partial charge in [-0.15, -0.1) is 0 Å². The third-order valence-corrected chi connectivity index (χ3v) is 3.92. The Morgan fingerprint density at radius 3 is 2.23 bits per heavy atom. The Balaban J connectivity index is 1.94. The van der Waals surface area contributed by atoms with E-state index < -0.39 is 6.04 Å². The molecule has 6 heteroatoms. The molecule has 1 saturated heterocycles. The van der Waals surface area contributed by atoms with Crippen LogP contribution in [0.3, 0.4) is 0 Å². The Morgan fingerprint density at radius 1 is 1.23 bits per heavy atom. The molecule has 1 aliphatic rings. The molecule has 0 radical (unpaired) electrons. The molecule has 1 aromatic rings. The van der Waals surface area contributed by atoms with Gasteiger partial charge in [0.1, 0.15) is 11.5 Å². The largest absolute Gasteiger partial charge is 0.497 e. The number of benzene rings is 1. The van der Waals surface area contributed by atoms with Gasteiger partial charge >= 0.3 is 0 Å². The van der Waals surface area contributed by atoms with Crippen LogP contribution < -0.4 is 20.5 Å². The number of rotatable bonds is 5. The van der Waals surface area contributed by atoms with E-state index in [0.29, 0.717) is 6.04 Å². The van der Waals surface area contributed by atoms with Crippen molar-refractivity contribution in [1.82, 2.24) is 4.90 Å². The summed E-state index contributed by atoms with van der Waals surface area (Å²) in [5.74, 6) is 1.54. The monoisotopic (exact) mass is 307 g/mol. The molecule has 1 fully saturated rings. The van der Waals surface area contributed by atoms with Gasteiger partial charge < -0.3 is 25.4 Å². The lowest BCUT2D eigenvalue weighted by molar-refractivity contribution is -0.133. The fraction of sp³-hybridized carbons (Fsp3) is 0.562. The maximum absolute atomic E-state index is 11.9. The summed E-state index contributed by atoms with van der Waals surface area (Å²) < 4.78 is 10.5. The number of anilines is 1. The number of nitrogens with zero attached hydrogens (tertiary/aromatic N) is 1. The van der Waals surface area contributed by atoms with E-state index in [9.17, 15) is 4.79 Å². The van der Waals surface area contributed by atoms with Gasteiger partial charge in [-0.05, 0) is 19.8 Å². The van der Waals surface area contributed by atoms with Gasteiger partial charge in [-0.2, -0.15) is 0 Å². The molecule has 0 unspecified atom stereocenters. The summed E-state index contributed by atoms with van der Waals surface area (Å²) in [5, 5.41) is 3.49.